The summed E-state index contributed by atoms with van der Waals surface area (Å²) in [5.41, 5.74) is 0. The minimum atomic E-state index is -0.0324. The van der Waals surface area contributed by atoms with Gasteiger partial charge in [0.15, 0.2) is 0 Å². The molecule has 0 bridgehead atoms. The number of Topliss-reactive ketones (excluding diaryl/α,β-unsaturated/α-hetero) is 3. The van der Waals surface area contributed by atoms with E-state index >= 15 is 0 Å². The lowest BCUT2D eigenvalue weighted by Crippen LogP contribution is -2.40. The Labute approximate surface area is 197 Å². The van der Waals surface area contributed by atoms with Gasteiger partial charge in [-0.1, -0.05) is 6.42 Å². The number of hydrogen-bond donors (Lipinski definition) is 6. The summed E-state index contributed by atoms with van der Waals surface area (Å²) in [7, 11) is 11.1. The molecule has 0 aliphatic heterocycles. The molecule has 0 spiro atoms. The van der Waals surface area contributed by atoms with Crippen molar-refractivity contribution in [2.75, 3.05) is 61.9 Å². The summed E-state index contributed by atoms with van der Waals surface area (Å²) < 4.78 is 0. The summed E-state index contributed by atoms with van der Waals surface area (Å²) in [6.45, 7) is 7.56. The van der Waals surface area contributed by atoms with Crippen LogP contribution in [0.15, 0.2) is 0 Å². The summed E-state index contributed by atoms with van der Waals surface area (Å²) in [5, 5.41) is 17.9. The molecule has 0 saturated heterocycles. The summed E-state index contributed by atoms with van der Waals surface area (Å²) in [6.07, 6.45) is 5.16. The first-order chi connectivity index (χ1) is 15.2. The number of ketones is 3. The van der Waals surface area contributed by atoms with E-state index in [1.165, 1.54) is 0 Å². The van der Waals surface area contributed by atoms with Gasteiger partial charge in [-0.25, -0.2) is 0 Å². The van der Waals surface area contributed by atoms with Gasteiger partial charge in [-0.15, -0.1) is 0 Å². The third-order valence-corrected chi connectivity index (χ3v) is 5.01. The molecule has 6 N–H and O–H groups in total. The Morgan fingerprint density at radius 1 is 0.531 bits per heavy atom. The van der Waals surface area contributed by atoms with Crippen LogP contribution in [0.4, 0.5) is 0 Å². The maximum Gasteiger partial charge on any atom is 0.147 e. The predicted octanol–water partition coefficient (Wildman–Crippen LogP) is 0.0989. The Bertz CT molecular complexity index is 463. The van der Waals surface area contributed by atoms with Gasteiger partial charge in [0.1, 0.15) is 17.3 Å². The molecule has 0 aliphatic rings. The first kappa shape index (κ1) is 35.4. The molecular weight excluding hydrogens is 408 g/mol. The highest BCUT2D eigenvalue weighted by molar-refractivity contribution is 5.82. The van der Waals surface area contributed by atoms with Gasteiger partial charge in [-0.2, -0.15) is 0 Å². The summed E-state index contributed by atoms with van der Waals surface area (Å²) in [4.78, 5) is 32.5. The van der Waals surface area contributed by atoms with Gasteiger partial charge in [0.2, 0.25) is 0 Å². The highest BCUT2D eigenvalue weighted by Gasteiger charge is 2.10. The van der Waals surface area contributed by atoms with E-state index in [4.69, 9.17) is 0 Å². The van der Waals surface area contributed by atoms with Crippen molar-refractivity contribution in [3.8, 4) is 0 Å². The molecule has 3 unspecified atom stereocenters. The van der Waals surface area contributed by atoms with Gasteiger partial charge < -0.3 is 31.9 Å². The van der Waals surface area contributed by atoms with Gasteiger partial charge in [0.25, 0.3) is 0 Å². The van der Waals surface area contributed by atoms with Crippen molar-refractivity contribution in [2.24, 2.45) is 0 Å². The van der Waals surface area contributed by atoms with Crippen LogP contribution < -0.4 is 31.9 Å². The van der Waals surface area contributed by atoms with Crippen LogP contribution in [0.5, 0.6) is 0 Å². The Morgan fingerprint density at radius 2 is 0.906 bits per heavy atom. The number of rotatable bonds is 17. The van der Waals surface area contributed by atoms with Gasteiger partial charge in [-0.3, -0.25) is 14.4 Å². The van der Waals surface area contributed by atoms with Gasteiger partial charge in [0, 0.05) is 6.54 Å². The zero-order chi connectivity index (χ0) is 25.4. The van der Waals surface area contributed by atoms with Crippen molar-refractivity contribution >= 4 is 17.3 Å². The molecule has 0 aromatic carbocycles. The number of nitrogens with one attached hydrogen (secondary N) is 6. The zero-order valence-electron chi connectivity index (χ0n) is 22.1. The second-order valence-electron chi connectivity index (χ2n) is 7.76. The van der Waals surface area contributed by atoms with Gasteiger partial charge in [-0.05, 0) is 102 Å². The molecule has 32 heavy (non-hydrogen) atoms. The van der Waals surface area contributed by atoms with E-state index in [9.17, 15) is 14.4 Å². The molecule has 0 rings (SSSR count). The van der Waals surface area contributed by atoms with Gasteiger partial charge >= 0.3 is 0 Å². The second-order valence-corrected chi connectivity index (χ2v) is 7.76. The number of carbonyl (C=O) groups excluding carboxylic acids is 3. The maximum atomic E-state index is 11.0. The van der Waals surface area contributed by atoms with Crippen molar-refractivity contribution in [2.45, 2.75) is 71.0 Å². The summed E-state index contributed by atoms with van der Waals surface area (Å²) in [6, 6.07) is 0.0696. The summed E-state index contributed by atoms with van der Waals surface area (Å²) >= 11 is 0. The van der Waals surface area contributed by atoms with Crippen LogP contribution >= 0.6 is 0 Å². The van der Waals surface area contributed by atoms with Crippen LogP contribution in [0.25, 0.3) is 0 Å². The minimum absolute atomic E-state index is 0.0324. The molecule has 0 fully saturated rings. The summed E-state index contributed by atoms with van der Waals surface area (Å²) in [5.74, 6) is 0.636. The van der Waals surface area contributed by atoms with Crippen molar-refractivity contribution in [3.63, 3.8) is 0 Å². The second kappa shape index (κ2) is 26.0. The molecule has 0 aromatic rings. The Hall–Kier alpha value is -1.23. The highest BCUT2D eigenvalue weighted by Crippen LogP contribution is 2.00. The number of unbranched alkanes of at least 4 members (excludes halogenated alkanes) is 1. The molecule has 0 heterocycles. The van der Waals surface area contributed by atoms with Crippen molar-refractivity contribution in [1.82, 2.24) is 31.9 Å². The monoisotopic (exact) mass is 460 g/mol. The molecule has 0 amide bonds. The molecule has 0 saturated carbocycles. The minimum Gasteiger partial charge on any atom is -0.320 e. The number of likely N-dealkylation sites (N-methyl/N-ethyl adjacent to an activating group) is 4. The van der Waals surface area contributed by atoms with E-state index in [1.807, 2.05) is 35.2 Å². The van der Waals surface area contributed by atoms with E-state index in [-0.39, 0.29) is 35.5 Å². The zero-order valence-corrected chi connectivity index (χ0v) is 22.1. The van der Waals surface area contributed by atoms with Crippen molar-refractivity contribution in [3.05, 3.63) is 0 Å². The predicted molar refractivity (Wildman–Crippen MR) is 135 cm³/mol. The molecule has 9 nitrogen and oxygen atoms in total. The number of hydrogen-bond acceptors (Lipinski definition) is 9. The van der Waals surface area contributed by atoms with Crippen molar-refractivity contribution < 1.29 is 14.4 Å². The van der Waals surface area contributed by atoms with E-state index < -0.39 is 0 Å². The van der Waals surface area contributed by atoms with Crippen LogP contribution in [-0.4, -0.2) is 97.4 Å². The number of carbonyl (C=O) groups is 3. The highest BCUT2D eigenvalue weighted by atomic mass is 16.1. The lowest BCUT2D eigenvalue weighted by atomic mass is 10.1. The topological polar surface area (TPSA) is 123 Å². The Balaban J connectivity index is -0.000000398. The standard InChI is InChI=1S/C9H20N2O.C8H18N2O.C6H14N2O/c1-8(12)9(11-3)6-4-5-7-10-2;1-7(11)8(10-3)5-4-6-9-2;1-5(9)6(8-3)4-7-2/h9-11H,4-7H2,1-3H3;8-10H,4-6H2,1-3H3;6-8H,4H2,1-3H3. The van der Waals surface area contributed by atoms with Gasteiger partial charge in [0.05, 0.1) is 18.1 Å². The first-order valence-corrected chi connectivity index (χ1v) is 11.6. The molecule has 0 aliphatic carbocycles. The Morgan fingerprint density at radius 3 is 1.19 bits per heavy atom. The third kappa shape index (κ3) is 23.4. The van der Waals surface area contributed by atoms with Crippen LogP contribution in [-0.2, 0) is 14.4 Å². The van der Waals surface area contributed by atoms with Crippen LogP contribution in [0, 0.1) is 0 Å². The average Bonchev–Trinajstić information content (AvgIpc) is 2.75. The van der Waals surface area contributed by atoms with Crippen LogP contribution in [0.2, 0.25) is 0 Å². The third-order valence-electron chi connectivity index (χ3n) is 5.01. The fourth-order valence-corrected chi connectivity index (χ4v) is 2.89. The van der Waals surface area contributed by atoms with E-state index in [2.05, 4.69) is 31.9 Å². The lowest BCUT2D eigenvalue weighted by molar-refractivity contribution is -0.119. The van der Waals surface area contributed by atoms with E-state index in [0.29, 0.717) is 6.54 Å². The fraction of sp³-hybridized carbons (Fsp3) is 0.870. The average molecular weight is 461 g/mol. The van der Waals surface area contributed by atoms with E-state index in [1.54, 1.807) is 27.8 Å². The quantitative estimate of drug-likeness (QED) is 0.168. The molecule has 0 radical (unpaired) electrons. The van der Waals surface area contributed by atoms with E-state index in [0.717, 1.165) is 45.2 Å². The molecule has 9 heteroatoms. The smallest absolute Gasteiger partial charge is 0.147 e. The SMILES string of the molecule is CNCC(NC)C(C)=O.CNCCCC(NC)C(C)=O.CNCCCCC(NC)C(C)=O. The Kier molecular flexibility index (Phi) is 28.8. The molecule has 3 atom stereocenters. The first-order valence-electron chi connectivity index (χ1n) is 11.6. The normalized spacial score (nSPS) is 13.0. The van der Waals surface area contributed by atoms with Crippen LogP contribution in [0.1, 0.15) is 52.9 Å². The van der Waals surface area contributed by atoms with Crippen LogP contribution in [0.3, 0.4) is 0 Å². The largest absolute Gasteiger partial charge is 0.320 e. The molecular formula is C23H52N6O3. The lowest BCUT2D eigenvalue weighted by Gasteiger charge is -2.11. The molecule has 0 aromatic heterocycles. The van der Waals surface area contributed by atoms with Crippen molar-refractivity contribution in [1.29, 1.82) is 0 Å². The maximum absolute atomic E-state index is 11.0. The molecule has 192 valence electrons. The fourth-order valence-electron chi connectivity index (χ4n) is 2.89.